The molecule has 0 unspecified atom stereocenters. The monoisotopic (exact) mass is 777 g/mol. The maximum atomic E-state index is 14.8. The summed E-state index contributed by atoms with van der Waals surface area (Å²) in [4.78, 5) is 83.6. The first-order chi connectivity index (χ1) is 26.0. The number of anilines is 3. The van der Waals surface area contributed by atoms with Crippen LogP contribution in [0.5, 0.6) is 17.2 Å². The summed E-state index contributed by atoms with van der Waals surface area (Å²) < 4.78 is 25.7. The fourth-order valence-corrected chi connectivity index (χ4v) is 9.29. The topological polar surface area (TPSA) is 203 Å². The zero-order valence-corrected chi connectivity index (χ0v) is 30.7. The van der Waals surface area contributed by atoms with Crippen molar-refractivity contribution in [2.75, 3.05) is 43.0 Å². The Bertz CT molecular complexity index is 2240. The largest absolute Gasteiger partial charge is 0.508 e. The molecule has 0 spiro atoms. The van der Waals surface area contributed by atoms with Gasteiger partial charge in [-0.2, -0.15) is 0 Å². The number of imide groups is 2. The van der Waals surface area contributed by atoms with Gasteiger partial charge in [-0.3, -0.25) is 39.4 Å². The van der Waals surface area contributed by atoms with Crippen molar-refractivity contribution in [1.29, 1.82) is 0 Å². The number of nitro groups is 2. The van der Waals surface area contributed by atoms with Crippen molar-refractivity contribution in [3.8, 4) is 17.2 Å². The molecule has 1 saturated carbocycles. The molecule has 286 valence electrons. The van der Waals surface area contributed by atoms with Crippen molar-refractivity contribution in [3.63, 3.8) is 0 Å². The van der Waals surface area contributed by atoms with E-state index in [0.29, 0.717) is 5.57 Å². The molecule has 3 aromatic carbocycles. The Morgan fingerprint density at radius 1 is 0.891 bits per heavy atom. The van der Waals surface area contributed by atoms with Crippen molar-refractivity contribution in [2.24, 2.45) is 29.1 Å². The van der Waals surface area contributed by atoms with Crippen molar-refractivity contribution in [1.82, 2.24) is 0 Å². The fraction of sp³-hybridized carbons (Fsp3) is 0.351. The minimum atomic E-state index is -1.60. The summed E-state index contributed by atoms with van der Waals surface area (Å²) in [6.45, 7) is 1.60. The number of phenolic OH excluding ortho intramolecular Hbond substituents is 1. The van der Waals surface area contributed by atoms with Crippen molar-refractivity contribution in [2.45, 2.75) is 25.7 Å². The number of aromatic hydroxyl groups is 1. The lowest BCUT2D eigenvalue weighted by Crippen LogP contribution is -2.49. The molecule has 4 amide bonds. The first kappa shape index (κ1) is 37.2. The van der Waals surface area contributed by atoms with Crippen LogP contribution >= 0.6 is 11.6 Å². The Morgan fingerprint density at radius 2 is 1.49 bits per heavy atom. The van der Waals surface area contributed by atoms with Crippen LogP contribution in [0.1, 0.15) is 31.2 Å². The number of methoxy groups -OCH3 is 2. The van der Waals surface area contributed by atoms with Crippen LogP contribution in [0.4, 0.5) is 32.8 Å². The van der Waals surface area contributed by atoms with Crippen LogP contribution in [-0.4, -0.2) is 66.9 Å². The first-order valence-electron chi connectivity index (χ1n) is 17.0. The molecule has 0 bridgehead atoms. The Morgan fingerprint density at radius 3 is 2.02 bits per heavy atom. The minimum Gasteiger partial charge on any atom is -0.508 e. The number of amides is 4. The molecule has 7 rings (SSSR count). The van der Waals surface area contributed by atoms with Gasteiger partial charge in [-0.15, -0.1) is 0 Å². The predicted molar refractivity (Wildman–Crippen MR) is 194 cm³/mol. The van der Waals surface area contributed by atoms with Crippen LogP contribution < -0.4 is 24.2 Å². The van der Waals surface area contributed by atoms with Crippen LogP contribution in [0.3, 0.4) is 0 Å². The highest BCUT2D eigenvalue weighted by molar-refractivity contribution is 6.32. The summed E-state index contributed by atoms with van der Waals surface area (Å²) in [5, 5.41) is 34.5. The second kappa shape index (κ2) is 13.0. The molecule has 1 N–H and O–H groups in total. The molecule has 0 aromatic heterocycles. The number of ether oxygens (including phenoxy) is 2. The Labute approximate surface area is 316 Å². The van der Waals surface area contributed by atoms with E-state index >= 15 is 0 Å². The number of hydrogen-bond donors (Lipinski definition) is 1. The summed E-state index contributed by atoms with van der Waals surface area (Å²) >= 11 is 6.08. The van der Waals surface area contributed by atoms with Gasteiger partial charge in [0.1, 0.15) is 23.1 Å². The number of nitro benzene ring substituents is 2. The van der Waals surface area contributed by atoms with Gasteiger partial charge in [0.15, 0.2) is 5.69 Å². The predicted octanol–water partition coefficient (Wildman–Crippen LogP) is 5.52. The second-order valence-corrected chi connectivity index (χ2v) is 14.7. The summed E-state index contributed by atoms with van der Waals surface area (Å²) in [6, 6.07) is 7.94. The molecule has 3 fully saturated rings. The third kappa shape index (κ3) is 5.31. The van der Waals surface area contributed by atoms with Gasteiger partial charge in [0.25, 0.3) is 0 Å². The number of allylic oxidation sites excluding steroid dienone is 2. The third-order valence-corrected chi connectivity index (χ3v) is 11.7. The molecule has 6 atom stereocenters. The van der Waals surface area contributed by atoms with E-state index in [4.69, 9.17) is 21.1 Å². The number of carbonyl (C=O) groups is 4. The summed E-state index contributed by atoms with van der Waals surface area (Å²) in [5.74, 6) is -8.93. The number of nitrogens with zero attached hydrogens (tertiary/aromatic N) is 5. The average Bonchev–Trinajstić information content (AvgIpc) is 3.51. The minimum absolute atomic E-state index is 0.0119. The number of fused-ring (bicyclic) bond motifs is 4. The van der Waals surface area contributed by atoms with E-state index in [0.717, 1.165) is 34.1 Å². The van der Waals surface area contributed by atoms with E-state index in [2.05, 4.69) is 0 Å². The van der Waals surface area contributed by atoms with Gasteiger partial charge in [-0.25, -0.2) is 14.2 Å². The highest BCUT2D eigenvalue weighted by Gasteiger charge is 2.68. The van der Waals surface area contributed by atoms with Crippen molar-refractivity contribution < 1.29 is 48.0 Å². The highest BCUT2D eigenvalue weighted by Crippen LogP contribution is 2.66. The van der Waals surface area contributed by atoms with Crippen LogP contribution in [0.2, 0.25) is 5.02 Å². The number of hydrogen-bond acceptors (Lipinski definition) is 12. The molecule has 2 aliphatic carbocycles. The number of carbonyl (C=O) groups excluding carboxylic acids is 4. The smallest absolute Gasteiger partial charge is 0.301 e. The van der Waals surface area contributed by atoms with Crippen LogP contribution in [-0.2, 0) is 19.2 Å². The lowest BCUT2D eigenvalue weighted by molar-refractivity contribution is -0.392. The van der Waals surface area contributed by atoms with E-state index in [1.165, 1.54) is 51.4 Å². The lowest BCUT2D eigenvalue weighted by Gasteiger charge is -2.49. The Hall–Kier alpha value is -6.10. The van der Waals surface area contributed by atoms with Gasteiger partial charge >= 0.3 is 11.4 Å². The summed E-state index contributed by atoms with van der Waals surface area (Å²) in [5.41, 5.74) is -2.88. The van der Waals surface area contributed by atoms with Gasteiger partial charge in [0.2, 0.25) is 23.6 Å². The molecular formula is C37H33ClFN5O11. The molecule has 2 saturated heterocycles. The van der Waals surface area contributed by atoms with E-state index in [-0.39, 0.29) is 57.7 Å². The second-order valence-electron chi connectivity index (χ2n) is 14.3. The van der Waals surface area contributed by atoms with Crippen LogP contribution in [0, 0.1) is 55.1 Å². The van der Waals surface area contributed by atoms with Gasteiger partial charge in [-0.05, 0) is 43.9 Å². The van der Waals surface area contributed by atoms with Crippen molar-refractivity contribution >= 4 is 63.7 Å². The standard InChI is InChI=1S/C37H33ClFN5O11/c1-37-22(34(47)42(36(37)49)16-6-9-24(39)23(38)10-16)15-21-19(31(37)30-27(54-4)13-18(45)14-28(30)55-5)7-8-20-29(21)35(48)41(33(20)46)17-11-25(43(50)51)32(40(2)3)26(12-17)44(52)53/h6-7,9-14,20-22,29,31,45H,8,15H2,1-5H3/t20-,21+,22-,29-,31+,37+/m0/s1. The van der Waals surface area contributed by atoms with Gasteiger partial charge in [-0.1, -0.05) is 23.3 Å². The van der Waals surface area contributed by atoms with E-state index in [9.17, 15) is 48.9 Å². The maximum Gasteiger partial charge on any atom is 0.301 e. The molecule has 16 nitrogen and oxygen atoms in total. The third-order valence-electron chi connectivity index (χ3n) is 11.4. The molecule has 4 aliphatic rings. The normalized spacial score (nSPS) is 25.7. The van der Waals surface area contributed by atoms with E-state index in [1.54, 1.807) is 13.0 Å². The zero-order valence-electron chi connectivity index (χ0n) is 29.9. The summed E-state index contributed by atoms with van der Waals surface area (Å²) in [6.07, 6.45) is 1.59. The Balaban J connectivity index is 1.41. The molecule has 3 aromatic rings. The van der Waals surface area contributed by atoms with Crippen molar-refractivity contribution in [3.05, 3.63) is 90.7 Å². The summed E-state index contributed by atoms with van der Waals surface area (Å²) in [7, 11) is 5.45. The SMILES string of the molecule is COc1cc(O)cc(OC)c1[C@H]1C2=CC[C@@H]3C(=O)N(c4cc([N+](=O)[O-])c(N(C)C)c([N+](=O)[O-])c4)C(=O)[C@@H]3[C@@H]2C[C@H]2C(=O)N(c3ccc(F)c(Cl)c3)C(=O)[C@@]12C. The van der Waals surface area contributed by atoms with E-state index in [1.807, 2.05) is 0 Å². The molecule has 0 radical (unpaired) electrons. The molecule has 18 heteroatoms. The van der Waals surface area contributed by atoms with E-state index < -0.39 is 85.7 Å². The highest BCUT2D eigenvalue weighted by atomic mass is 35.5. The Kier molecular flexibility index (Phi) is 8.82. The molecular weight excluding hydrogens is 745 g/mol. The molecule has 55 heavy (non-hydrogen) atoms. The van der Waals surface area contributed by atoms with Gasteiger partial charge in [0, 0.05) is 49.8 Å². The quantitative estimate of drug-likeness (QED) is 0.130. The number of phenols is 1. The molecule has 2 aliphatic heterocycles. The van der Waals surface area contributed by atoms with Crippen LogP contribution in [0.15, 0.2) is 54.1 Å². The fourth-order valence-electron chi connectivity index (χ4n) is 9.11. The average molecular weight is 778 g/mol. The number of rotatable bonds is 8. The maximum absolute atomic E-state index is 14.8. The lowest BCUT2D eigenvalue weighted by atomic mass is 9.51. The number of halogens is 2. The van der Waals surface area contributed by atoms with Crippen LogP contribution in [0.25, 0.3) is 0 Å². The number of benzene rings is 3. The van der Waals surface area contributed by atoms with Gasteiger partial charge in [0.05, 0.1) is 63.6 Å². The van der Waals surface area contributed by atoms with Gasteiger partial charge < -0.3 is 19.5 Å². The molecule has 2 heterocycles. The first-order valence-corrected chi connectivity index (χ1v) is 17.4. The zero-order chi connectivity index (χ0) is 40.0.